The predicted molar refractivity (Wildman–Crippen MR) is 51.0 cm³/mol. The fraction of sp³-hybridized carbons (Fsp3) is 0.0769. The van der Waals surface area contributed by atoms with Crippen LogP contribution in [0.3, 0.4) is 0 Å². The monoisotopic (exact) mass is 164 g/mol. The van der Waals surface area contributed by atoms with E-state index >= 15 is 0 Å². The van der Waals surface area contributed by atoms with Crippen LogP contribution < -0.4 is 0 Å². The molecule has 0 amide bonds. The lowest BCUT2D eigenvalue weighted by Crippen LogP contribution is -1.86. The SMILES string of the molecule is [c]1[c]c(Cc2[c][c]ccc2)ccc1. The highest BCUT2D eigenvalue weighted by molar-refractivity contribution is 5.23. The number of hydrogen-bond acceptors (Lipinski definition) is 0. The van der Waals surface area contributed by atoms with Crippen molar-refractivity contribution in [1.29, 1.82) is 0 Å². The van der Waals surface area contributed by atoms with Gasteiger partial charge in [-0.15, -0.1) is 0 Å². The Bertz CT molecular complexity index is 311. The highest BCUT2D eigenvalue weighted by Crippen LogP contribution is 2.06. The first-order valence-corrected chi connectivity index (χ1v) is 4.20. The van der Waals surface area contributed by atoms with Gasteiger partial charge in [-0.25, -0.2) is 0 Å². The van der Waals surface area contributed by atoms with Gasteiger partial charge < -0.3 is 0 Å². The maximum Gasteiger partial charge on any atom is -0.00130 e. The fourth-order valence-electron chi connectivity index (χ4n) is 1.19. The van der Waals surface area contributed by atoms with Crippen LogP contribution in [-0.2, 0) is 6.42 Å². The Labute approximate surface area is 78.9 Å². The Balaban J connectivity index is 2.16. The van der Waals surface area contributed by atoms with Crippen LogP contribution in [0, 0.1) is 24.3 Å². The average Bonchev–Trinajstić information content (AvgIpc) is 2.21. The Kier molecular flexibility index (Phi) is 2.42. The molecule has 0 spiro atoms. The summed E-state index contributed by atoms with van der Waals surface area (Å²) in [6, 6.07) is 23.7. The van der Waals surface area contributed by atoms with Gasteiger partial charge in [0.05, 0.1) is 0 Å². The fourth-order valence-corrected chi connectivity index (χ4v) is 1.19. The minimum absolute atomic E-state index is 0.856. The molecule has 4 radical (unpaired) electrons. The second kappa shape index (κ2) is 3.90. The summed E-state index contributed by atoms with van der Waals surface area (Å²) in [4.78, 5) is 0. The van der Waals surface area contributed by atoms with Crippen molar-refractivity contribution in [2.24, 2.45) is 0 Å². The summed E-state index contributed by atoms with van der Waals surface area (Å²) in [5, 5.41) is 0. The van der Waals surface area contributed by atoms with E-state index in [-0.39, 0.29) is 0 Å². The van der Waals surface area contributed by atoms with Crippen molar-refractivity contribution in [2.45, 2.75) is 6.42 Å². The molecule has 0 saturated carbocycles. The van der Waals surface area contributed by atoms with Crippen LogP contribution in [0.2, 0.25) is 0 Å². The normalized spacial score (nSPS) is 9.85. The molecule has 0 aromatic heterocycles. The molecule has 0 saturated heterocycles. The van der Waals surface area contributed by atoms with Gasteiger partial charge in [0.25, 0.3) is 0 Å². The molecule has 0 fully saturated rings. The number of benzene rings is 2. The topological polar surface area (TPSA) is 0 Å². The quantitative estimate of drug-likeness (QED) is 0.639. The molecule has 0 atom stereocenters. The number of rotatable bonds is 2. The zero-order valence-corrected chi connectivity index (χ0v) is 7.17. The molecule has 0 heterocycles. The van der Waals surface area contributed by atoms with Gasteiger partial charge in [-0.2, -0.15) is 0 Å². The van der Waals surface area contributed by atoms with Crippen LogP contribution in [0.15, 0.2) is 36.4 Å². The van der Waals surface area contributed by atoms with Crippen LogP contribution in [0.25, 0.3) is 0 Å². The Morgan fingerprint density at radius 3 is 1.77 bits per heavy atom. The lowest BCUT2D eigenvalue weighted by molar-refractivity contribution is 1.18. The van der Waals surface area contributed by atoms with E-state index in [4.69, 9.17) is 0 Å². The minimum Gasteiger partial charge on any atom is -0.0613 e. The van der Waals surface area contributed by atoms with Crippen molar-refractivity contribution >= 4 is 0 Å². The van der Waals surface area contributed by atoms with Gasteiger partial charge in [0, 0.05) is 0 Å². The van der Waals surface area contributed by atoms with E-state index in [0.717, 1.165) is 17.5 Å². The molecule has 0 heteroatoms. The Morgan fingerprint density at radius 2 is 1.38 bits per heavy atom. The zero-order valence-electron chi connectivity index (χ0n) is 7.17. The smallest absolute Gasteiger partial charge is 0.00130 e. The number of hydrogen-bond donors (Lipinski definition) is 0. The van der Waals surface area contributed by atoms with E-state index in [0.29, 0.717) is 0 Å². The molecule has 13 heavy (non-hydrogen) atoms. The molecule has 2 aromatic carbocycles. The molecule has 0 N–H and O–H groups in total. The van der Waals surface area contributed by atoms with E-state index in [1.165, 1.54) is 0 Å². The standard InChI is InChI=1S/C13H8/c1-3-7-12(8-4-1)11-13-9-5-2-6-10-13/h1-3,5,7,9H,11H2. The second-order valence-electron chi connectivity index (χ2n) is 2.82. The maximum atomic E-state index is 3.06. The van der Waals surface area contributed by atoms with Crippen molar-refractivity contribution < 1.29 is 0 Å². The summed E-state index contributed by atoms with van der Waals surface area (Å²) < 4.78 is 0. The highest BCUT2D eigenvalue weighted by Gasteiger charge is 1.93. The molecule has 2 rings (SSSR count). The van der Waals surface area contributed by atoms with Gasteiger partial charge in [-0.05, 0) is 41.8 Å². The summed E-state index contributed by atoms with van der Waals surface area (Å²) >= 11 is 0. The van der Waals surface area contributed by atoms with Crippen molar-refractivity contribution in [1.82, 2.24) is 0 Å². The van der Waals surface area contributed by atoms with E-state index in [9.17, 15) is 0 Å². The largest absolute Gasteiger partial charge is 0.0613 e. The van der Waals surface area contributed by atoms with E-state index in [1.807, 2.05) is 36.4 Å². The van der Waals surface area contributed by atoms with Crippen LogP contribution in [0.4, 0.5) is 0 Å². The summed E-state index contributed by atoms with van der Waals surface area (Å²) in [7, 11) is 0. The molecule has 0 aliphatic carbocycles. The molecule has 2 aromatic rings. The van der Waals surface area contributed by atoms with Gasteiger partial charge >= 0.3 is 0 Å². The molecular formula is C13H8. The minimum atomic E-state index is 0.856. The summed E-state index contributed by atoms with van der Waals surface area (Å²) in [5.74, 6) is 0. The first-order chi connectivity index (χ1) is 6.45. The predicted octanol–water partition coefficient (Wildman–Crippen LogP) is 2.48. The third-order valence-corrected chi connectivity index (χ3v) is 1.80. The van der Waals surface area contributed by atoms with Crippen LogP contribution in [0.1, 0.15) is 11.1 Å². The first-order valence-electron chi connectivity index (χ1n) is 4.20. The van der Waals surface area contributed by atoms with E-state index < -0.39 is 0 Å². The Morgan fingerprint density at radius 1 is 0.846 bits per heavy atom. The maximum absolute atomic E-state index is 3.06. The van der Waals surface area contributed by atoms with Gasteiger partial charge in [0.2, 0.25) is 0 Å². The van der Waals surface area contributed by atoms with E-state index in [1.54, 1.807) is 0 Å². The van der Waals surface area contributed by atoms with Gasteiger partial charge in [-0.3, -0.25) is 0 Å². The van der Waals surface area contributed by atoms with Crippen LogP contribution in [0.5, 0.6) is 0 Å². The van der Waals surface area contributed by atoms with E-state index in [2.05, 4.69) is 24.3 Å². The second-order valence-corrected chi connectivity index (χ2v) is 2.82. The van der Waals surface area contributed by atoms with Crippen LogP contribution in [-0.4, -0.2) is 0 Å². The van der Waals surface area contributed by atoms with Crippen LogP contribution >= 0.6 is 0 Å². The lowest BCUT2D eigenvalue weighted by atomic mass is 10.1. The lowest BCUT2D eigenvalue weighted by Gasteiger charge is -1.98. The third-order valence-electron chi connectivity index (χ3n) is 1.80. The first kappa shape index (κ1) is 8.06. The van der Waals surface area contributed by atoms with Crippen molar-refractivity contribution in [3.63, 3.8) is 0 Å². The molecule has 0 aliphatic heterocycles. The molecule has 0 aliphatic rings. The molecule has 60 valence electrons. The van der Waals surface area contributed by atoms with Crippen molar-refractivity contribution in [3.8, 4) is 0 Å². The van der Waals surface area contributed by atoms with Gasteiger partial charge in [-0.1, -0.05) is 36.4 Å². The summed E-state index contributed by atoms with van der Waals surface area (Å²) in [5.41, 5.74) is 2.27. The Hall–Kier alpha value is -1.56. The molecule has 0 nitrogen and oxygen atoms in total. The molecular weight excluding hydrogens is 156 g/mol. The molecule has 0 unspecified atom stereocenters. The zero-order chi connectivity index (χ0) is 8.93. The van der Waals surface area contributed by atoms with Gasteiger partial charge in [0.1, 0.15) is 0 Å². The van der Waals surface area contributed by atoms with Crippen molar-refractivity contribution in [3.05, 3.63) is 71.8 Å². The highest BCUT2D eigenvalue weighted by atomic mass is 14.0. The summed E-state index contributed by atoms with van der Waals surface area (Å²) in [6.07, 6.45) is 0.856. The average molecular weight is 164 g/mol. The van der Waals surface area contributed by atoms with Gasteiger partial charge in [0.15, 0.2) is 0 Å². The van der Waals surface area contributed by atoms with Crippen molar-refractivity contribution in [2.75, 3.05) is 0 Å². The third kappa shape index (κ3) is 2.19. The molecule has 0 bridgehead atoms. The summed E-state index contributed by atoms with van der Waals surface area (Å²) in [6.45, 7) is 0.